The first kappa shape index (κ1) is 24.6. The summed E-state index contributed by atoms with van der Waals surface area (Å²) in [6, 6.07) is 31.0. The van der Waals surface area contributed by atoms with Gasteiger partial charge in [0.05, 0.1) is 5.71 Å². The van der Waals surface area contributed by atoms with E-state index in [0.29, 0.717) is 0 Å². The molecule has 0 saturated heterocycles. The van der Waals surface area contributed by atoms with Crippen LogP contribution in [0.25, 0.3) is 33.5 Å². The van der Waals surface area contributed by atoms with Crippen molar-refractivity contribution in [3.63, 3.8) is 0 Å². The molecule has 1 aliphatic carbocycles. The van der Waals surface area contributed by atoms with E-state index in [1.165, 1.54) is 38.8 Å². The first-order valence-corrected chi connectivity index (χ1v) is 8.83. The van der Waals surface area contributed by atoms with Crippen LogP contribution >= 0.6 is 0 Å². The molecule has 6 rings (SSSR count). The third-order valence-corrected chi connectivity index (χ3v) is 5.29. The molecule has 4 aromatic rings. The van der Waals surface area contributed by atoms with Gasteiger partial charge in [0.2, 0.25) is 0 Å². The van der Waals surface area contributed by atoms with Crippen molar-refractivity contribution in [3.05, 3.63) is 102 Å². The number of halogens is 3. The van der Waals surface area contributed by atoms with Gasteiger partial charge < -0.3 is 37.2 Å². The van der Waals surface area contributed by atoms with Crippen LogP contribution in [-0.4, -0.2) is 5.71 Å². The van der Waals surface area contributed by atoms with E-state index in [1.54, 1.807) is 0 Å². The van der Waals surface area contributed by atoms with Crippen molar-refractivity contribution in [1.29, 1.82) is 0 Å². The zero-order chi connectivity index (χ0) is 17.1. The molecule has 0 spiro atoms. The van der Waals surface area contributed by atoms with Crippen LogP contribution in [0.4, 0.5) is 5.69 Å². The standard InChI is InChI=1S/C25H14N.3ClH.Zr/c1-2-6-16(7-3-1)18-10-11-19-15-23-21-13-12-17-8-4-5-9-20(17)24(21)26-25(23)22(19)14-18;;;;/h1-8,10-15H;3*1H;/q-1;;;;+4/p-3. The van der Waals surface area contributed by atoms with Crippen molar-refractivity contribution in [2.24, 2.45) is 4.99 Å². The summed E-state index contributed by atoms with van der Waals surface area (Å²) in [5.41, 5.74) is 9.54. The van der Waals surface area contributed by atoms with Gasteiger partial charge in [0.25, 0.3) is 0 Å². The molecular weight excluding hydrogens is 512 g/mol. The molecule has 1 heterocycles. The molecule has 5 heteroatoms. The maximum absolute atomic E-state index is 5.04. The second-order valence-corrected chi connectivity index (χ2v) is 6.78. The predicted molar refractivity (Wildman–Crippen MR) is 109 cm³/mol. The summed E-state index contributed by atoms with van der Waals surface area (Å²) >= 11 is 0. The molecule has 0 amide bonds. The van der Waals surface area contributed by atoms with Crippen LogP contribution in [0.1, 0.15) is 16.7 Å². The van der Waals surface area contributed by atoms with Crippen LogP contribution in [0.5, 0.6) is 0 Å². The molecule has 4 aromatic carbocycles. The van der Waals surface area contributed by atoms with Crippen LogP contribution in [0.3, 0.4) is 0 Å². The van der Waals surface area contributed by atoms with Crippen LogP contribution < -0.4 is 37.2 Å². The summed E-state index contributed by atoms with van der Waals surface area (Å²) in [6.45, 7) is 0. The molecule has 0 radical (unpaired) electrons. The number of allylic oxidation sites excluding steroid dienone is 1. The Hall–Kier alpha value is -1.70. The number of nitrogens with zero attached hydrogens (tertiary/aromatic N) is 1. The molecule has 144 valence electrons. The Morgan fingerprint density at radius 1 is 0.700 bits per heavy atom. The normalized spacial score (nSPS) is 12.0. The topological polar surface area (TPSA) is 12.4 Å². The third-order valence-electron chi connectivity index (χ3n) is 5.29. The maximum Gasteiger partial charge on any atom is 4.00 e. The predicted octanol–water partition coefficient (Wildman–Crippen LogP) is -2.70. The molecule has 2 aliphatic rings. The van der Waals surface area contributed by atoms with Crippen molar-refractivity contribution >= 4 is 33.8 Å². The van der Waals surface area contributed by atoms with Gasteiger partial charge in [-0.15, -0.1) is 35.0 Å². The molecule has 0 saturated carbocycles. The van der Waals surface area contributed by atoms with Crippen molar-refractivity contribution in [3.8, 4) is 11.1 Å². The SMILES string of the molecule is [Cl-].[Cl-].[Cl-].[Zr+4].[c-]1cccc2ccc3c(c12)N=C1C3=Cc2ccc(-c3ccccc3)cc21. The van der Waals surface area contributed by atoms with Gasteiger partial charge in [0, 0.05) is 11.1 Å². The van der Waals surface area contributed by atoms with Gasteiger partial charge in [-0.2, -0.15) is 0 Å². The number of hydrogen-bond acceptors (Lipinski definition) is 1. The summed E-state index contributed by atoms with van der Waals surface area (Å²) in [4.78, 5) is 5.04. The van der Waals surface area contributed by atoms with E-state index in [4.69, 9.17) is 4.99 Å². The van der Waals surface area contributed by atoms with Gasteiger partial charge in [0.15, 0.2) is 0 Å². The van der Waals surface area contributed by atoms with Crippen molar-refractivity contribution in [2.45, 2.75) is 0 Å². The van der Waals surface area contributed by atoms with Gasteiger partial charge in [0.1, 0.15) is 0 Å². The average Bonchev–Trinajstić information content (AvgIpc) is 3.24. The van der Waals surface area contributed by atoms with Crippen LogP contribution in [0, 0.1) is 6.07 Å². The third kappa shape index (κ3) is 3.72. The zero-order valence-corrected chi connectivity index (χ0v) is 20.4. The Bertz CT molecular complexity index is 1280. The van der Waals surface area contributed by atoms with Gasteiger partial charge in [-0.1, -0.05) is 54.6 Å². The van der Waals surface area contributed by atoms with Crippen molar-refractivity contribution in [1.82, 2.24) is 0 Å². The van der Waals surface area contributed by atoms with Crippen molar-refractivity contribution < 1.29 is 63.4 Å². The molecule has 0 N–H and O–H groups in total. The van der Waals surface area contributed by atoms with E-state index in [9.17, 15) is 0 Å². The fraction of sp³-hybridized carbons (Fsp3) is 0. The largest absolute Gasteiger partial charge is 4.00 e. The summed E-state index contributed by atoms with van der Waals surface area (Å²) in [6.07, 6.45) is 2.27. The first-order valence-electron chi connectivity index (χ1n) is 8.83. The number of benzene rings is 4. The summed E-state index contributed by atoms with van der Waals surface area (Å²) in [5, 5.41) is 2.29. The second kappa shape index (κ2) is 9.62. The summed E-state index contributed by atoms with van der Waals surface area (Å²) in [5.74, 6) is 0. The molecule has 30 heavy (non-hydrogen) atoms. The number of rotatable bonds is 1. The number of fused-ring (bicyclic) bond motifs is 7. The molecule has 0 atom stereocenters. The fourth-order valence-electron chi connectivity index (χ4n) is 4.02. The van der Waals surface area contributed by atoms with E-state index < -0.39 is 0 Å². The minimum Gasteiger partial charge on any atom is -1.00 e. The van der Waals surface area contributed by atoms with E-state index in [-0.39, 0.29) is 63.4 Å². The molecular formula is C25H14Cl3NZr. The van der Waals surface area contributed by atoms with E-state index in [1.807, 2.05) is 12.1 Å². The van der Waals surface area contributed by atoms with Gasteiger partial charge in [-0.05, 0) is 40.1 Å². The minimum absolute atomic E-state index is 0. The Morgan fingerprint density at radius 2 is 1.50 bits per heavy atom. The van der Waals surface area contributed by atoms with Gasteiger partial charge >= 0.3 is 26.2 Å². The summed E-state index contributed by atoms with van der Waals surface area (Å²) < 4.78 is 0. The number of hydrogen-bond donors (Lipinski definition) is 0. The van der Waals surface area contributed by atoms with E-state index in [0.717, 1.165) is 16.8 Å². The zero-order valence-electron chi connectivity index (χ0n) is 15.7. The van der Waals surface area contributed by atoms with Crippen molar-refractivity contribution in [2.75, 3.05) is 0 Å². The molecule has 1 nitrogen and oxygen atoms in total. The minimum atomic E-state index is 0. The Kier molecular flexibility index (Phi) is 7.88. The van der Waals surface area contributed by atoms with E-state index in [2.05, 4.69) is 78.9 Å². The molecule has 0 aromatic heterocycles. The molecule has 0 bridgehead atoms. The molecule has 1 aliphatic heterocycles. The smallest absolute Gasteiger partial charge is 1.00 e. The Morgan fingerprint density at radius 3 is 2.30 bits per heavy atom. The number of aliphatic imine (C=N–C) groups is 1. The van der Waals surface area contributed by atoms with Gasteiger partial charge in [-0.3, -0.25) is 4.99 Å². The Labute approximate surface area is 213 Å². The first-order chi connectivity index (χ1) is 12.9. The quantitative estimate of drug-likeness (QED) is 0.240. The average molecular weight is 526 g/mol. The van der Waals surface area contributed by atoms with E-state index >= 15 is 0 Å². The monoisotopic (exact) mass is 523 g/mol. The summed E-state index contributed by atoms with van der Waals surface area (Å²) in [7, 11) is 0. The van der Waals surface area contributed by atoms with Crippen LogP contribution in [-0.2, 0) is 26.2 Å². The fourth-order valence-corrected chi connectivity index (χ4v) is 4.02. The van der Waals surface area contributed by atoms with Crippen LogP contribution in [0.15, 0.2) is 83.9 Å². The Balaban J connectivity index is 0.000000801. The van der Waals surface area contributed by atoms with Crippen LogP contribution in [0.2, 0.25) is 0 Å². The van der Waals surface area contributed by atoms with Gasteiger partial charge in [-0.25, -0.2) is 0 Å². The molecule has 0 unspecified atom stereocenters. The molecule has 0 fully saturated rings. The maximum atomic E-state index is 5.04. The second-order valence-electron chi connectivity index (χ2n) is 6.78.